The molecule has 1 aromatic carbocycles. The zero-order valence-electron chi connectivity index (χ0n) is 7.47. The maximum atomic E-state index is 10.6. The molecule has 6 nitrogen and oxygen atoms in total. The van der Waals surface area contributed by atoms with Gasteiger partial charge in [-0.3, -0.25) is 10.7 Å². The van der Waals surface area contributed by atoms with E-state index in [1.54, 1.807) is 5.48 Å². The van der Waals surface area contributed by atoms with Crippen LogP contribution in [0, 0.1) is 0 Å². The average Bonchev–Trinajstić information content (AvgIpc) is 2.17. The Kier molecular flexibility index (Phi) is 3.25. The van der Waals surface area contributed by atoms with Crippen LogP contribution in [0.25, 0.3) is 0 Å². The number of para-hydroxylation sites is 1. The highest BCUT2D eigenvalue weighted by Crippen LogP contribution is 2.23. The molecular weight excluding hydrogens is 202 g/mol. The molecule has 1 aromatic rings. The Morgan fingerprint density at radius 1 is 1.20 bits per heavy atom. The standard InChI is InChI=1S/C9H9NO5/c11-8(12)7(9(13)14)5-3-1-2-4-6(5)10-15/h1-4,7,10,15H,(H,11,12)(H,13,14)/p-2. The van der Waals surface area contributed by atoms with Crippen LogP contribution in [0.1, 0.15) is 11.5 Å². The molecule has 15 heavy (non-hydrogen) atoms. The first-order valence-corrected chi connectivity index (χ1v) is 3.98. The van der Waals surface area contributed by atoms with Crippen molar-refractivity contribution in [2.75, 3.05) is 5.48 Å². The molecule has 0 aromatic heterocycles. The van der Waals surface area contributed by atoms with E-state index >= 15 is 0 Å². The van der Waals surface area contributed by atoms with Gasteiger partial charge in [0.25, 0.3) is 0 Å². The van der Waals surface area contributed by atoms with E-state index in [1.165, 1.54) is 24.3 Å². The fraction of sp³-hybridized carbons (Fsp3) is 0.111. The van der Waals surface area contributed by atoms with E-state index in [2.05, 4.69) is 0 Å². The van der Waals surface area contributed by atoms with Gasteiger partial charge in [0.2, 0.25) is 0 Å². The van der Waals surface area contributed by atoms with Crippen LogP contribution < -0.4 is 15.7 Å². The van der Waals surface area contributed by atoms with Crippen molar-refractivity contribution in [1.29, 1.82) is 0 Å². The van der Waals surface area contributed by atoms with Gasteiger partial charge in [0.05, 0.1) is 23.5 Å². The molecule has 1 rings (SSSR count). The molecule has 0 aliphatic rings. The molecule has 6 heteroatoms. The van der Waals surface area contributed by atoms with Crippen molar-refractivity contribution in [2.24, 2.45) is 0 Å². The highest BCUT2D eigenvalue weighted by Gasteiger charge is 2.17. The largest absolute Gasteiger partial charge is 0.549 e. The average molecular weight is 209 g/mol. The fourth-order valence-electron chi connectivity index (χ4n) is 1.20. The third-order valence-electron chi connectivity index (χ3n) is 1.86. The highest BCUT2D eigenvalue weighted by atomic mass is 16.5. The Labute approximate surface area is 84.7 Å². The maximum absolute atomic E-state index is 10.6. The van der Waals surface area contributed by atoms with Crippen molar-refractivity contribution in [3.8, 4) is 0 Å². The van der Waals surface area contributed by atoms with Gasteiger partial charge in [0, 0.05) is 0 Å². The van der Waals surface area contributed by atoms with Crippen molar-refractivity contribution in [3.05, 3.63) is 29.8 Å². The number of carbonyl (C=O) groups is 2. The summed E-state index contributed by atoms with van der Waals surface area (Å²) in [5, 5.41) is 29.8. The molecule has 0 fully saturated rings. The Balaban J connectivity index is 3.22. The van der Waals surface area contributed by atoms with Gasteiger partial charge in [-0.2, -0.15) is 0 Å². The molecule has 0 unspecified atom stereocenters. The fourth-order valence-corrected chi connectivity index (χ4v) is 1.20. The summed E-state index contributed by atoms with van der Waals surface area (Å²) in [6.07, 6.45) is 0. The SMILES string of the molecule is O=C([O-])C(C(=O)[O-])c1ccccc1NO. The summed E-state index contributed by atoms with van der Waals surface area (Å²) in [4.78, 5) is 21.1. The van der Waals surface area contributed by atoms with Crippen molar-refractivity contribution >= 4 is 17.6 Å². The second-order valence-corrected chi connectivity index (χ2v) is 2.77. The molecule has 0 spiro atoms. The number of carboxylic acids is 2. The van der Waals surface area contributed by atoms with Gasteiger partial charge in [-0.1, -0.05) is 18.2 Å². The van der Waals surface area contributed by atoms with Gasteiger partial charge >= 0.3 is 0 Å². The topological polar surface area (TPSA) is 113 Å². The van der Waals surface area contributed by atoms with E-state index in [0.29, 0.717) is 0 Å². The van der Waals surface area contributed by atoms with Crippen LogP contribution in [0.4, 0.5) is 5.69 Å². The van der Waals surface area contributed by atoms with Crippen LogP contribution >= 0.6 is 0 Å². The third kappa shape index (κ3) is 2.23. The molecule has 0 aliphatic heterocycles. The van der Waals surface area contributed by atoms with E-state index in [0.717, 1.165) is 0 Å². The summed E-state index contributed by atoms with van der Waals surface area (Å²) in [7, 11) is 0. The Morgan fingerprint density at radius 2 is 1.73 bits per heavy atom. The van der Waals surface area contributed by atoms with E-state index in [4.69, 9.17) is 5.21 Å². The first-order chi connectivity index (χ1) is 7.07. The van der Waals surface area contributed by atoms with Gasteiger partial charge in [-0.15, -0.1) is 0 Å². The Bertz CT molecular complexity index is 376. The number of aliphatic carboxylic acids is 2. The molecular formula is C9H7NO5-2. The van der Waals surface area contributed by atoms with Crippen molar-refractivity contribution in [3.63, 3.8) is 0 Å². The number of nitrogens with one attached hydrogen (secondary N) is 1. The minimum atomic E-state index is -1.92. The molecule has 0 atom stereocenters. The van der Waals surface area contributed by atoms with Crippen LogP contribution in [-0.4, -0.2) is 17.1 Å². The lowest BCUT2D eigenvalue weighted by atomic mass is 9.98. The summed E-state index contributed by atoms with van der Waals surface area (Å²) >= 11 is 0. The summed E-state index contributed by atoms with van der Waals surface area (Å²) in [6, 6.07) is 5.52. The monoisotopic (exact) mass is 209 g/mol. The number of anilines is 1. The van der Waals surface area contributed by atoms with Crippen LogP contribution in [0.5, 0.6) is 0 Å². The van der Waals surface area contributed by atoms with E-state index < -0.39 is 17.9 Å². The number of hydrogen-bond acceptors (Lipinski definition) is 6. The van der Waals surface area contributed by atoms with Gasteiger partial charge in [0.1, 0.15) is 0 Å². The third-order valence-corrected chi connectivity index (χ3v) is 1.86. The zero-order chi connectivity index (χ0) is 11.4. The molecule has 0 radical (unpaired) electrons. The van der Waals surface area contributed by atoms with Crippen LogP contribution in [0.15, 0.2) is 24.3 Å². The summed E-state index contributed by atoms with van der Waals surface area (Å²) in [5.41, 5.74) is 1.56. The summed E-state index contributed by atoms with van der Waals surface area (Å²) < 4.78 is 0. The number of benzene rings is 1. The number of carboxylic acid groups (broad SMARTS) is 2. The highest BCUT2D eigenvalue weighted by molar-refractivity contribution is 5.98. The smallest absolute Gasteiger partial charge is 0.0653 e. The minimum absolute atomic E-state index is 0.0177. The second kappa shape index (κ2) is 4.43. The molecule has 0 saturated carbocycles. The second-order valence-electron chi connectivity index (χ2n) is 2.77. The molecule has 0 saturated heterocycles. The van der Waals surface area contributed by atoms with E-state index in [9.17, 15) is 19.8 Å². The van der Waals surface area contributed by atoms with Crippen LogP contribution in [0.3, 0.4) is 0 Å². The van der Waals surface area contributed by atoms with Gasteiger partial charge in [-0.25, -0.2) is 0 Å². The lowest BCUT2D eigenvalue weighted by molar-refractivity contribution is -0.326. The van der Waals surface area contributed by atoms with Crippen molar-refractivity contribution < 1.29 is 25.0 Å². The van der Waals surface area contributed by atoms with Gasteiger partial charge in [0.15, 0.2) is 0 Å². The number of rotatable bonds is 4. The van der Waals surface area contributed by atoms with Gasteiger partial charge in [-0.05, 0) is 11.6 Å². The van der Waals surface area contributed by atoms with Gasteiger partial charge < -0.3 is 19.8 Å². The maximum Gasteiger partial charge on any atom is 0.0653 e. The summed E-state index contributed by atoms with van der Waals surface area (Å²) in [5.74, 6) is -5.50. The van der Waals surface area contributed by atoms with E-state index in [1.807, 2.05) is 0 Å². The zero-order valence-corrected chi connectivity index (χ0v) is 7.47. The first kappa shape index (κ1) is 11.0. The Morgan fingerprint density at radius 3 is 2.20 bits per heavy atom. The molecule has 0 heterocycles. The Hall–Kier alpha value is -2.08. The summed E-state index contributed by atoms with van der Waals surface area (Å²) in [6.45, 7) is 0. The molecule has 0 aliphatic carbocycles. The van der Waals surface area contributed by atoms with Crippen molar-refractivity contribution in [1.82, 2.24) is 0 Å². The van der Waals surface area contributed by atoms with Crippen LogP contribution in [-0.2, 0) is 9.59 Å². The van der Waals surface area contributed by atoms with Crippen LogP contribution in [0.2, 0.25) is 0 Å². The molecule has 2 N–H and O–H groups in total. The predicted octanol–water partition coefficient (Wildman–Crippen LogP) is -1.93. The molecule has 0 amide bonds. The number of hydrogen-bond donors (Lipinski definition) is 2. The number of carbonyl (C=O) groups excluding carboxylic acids is 2. The lowest BCUT2D eigenvalue weighted by Crippen LogP contribution is -2.41. The molecule has 0 bridgehead atoms. The predicted molar refractivity (Wildman–Crippen MR) is 44.6 cm³/mol. The normalized spacial score (nSPS) is 10.0. The first-order valence-electron chi connectivity index (χ1n) is 3.98. The minimum Gasteiger partial charge on any atom is -0.549 e. The molecule has 80 valence electrons. The lowest BCUT2D eigenvalue weighted by Gasteiger charge is -2.21. The van der Waals surface area contributed by atoms with E-state index in [-0.39, 0.29) is 11.3 Å². The van der Waals surface area contributed by atoms with Crippen molar-refractivity contribution in [2.45, 2.75) is 5.92 Å². The quantitative estimate of drug-likeness (QED) is 0.441.